The van der Waals surface area contributed by atoms with E-state index >= 15 is 0 Å². The molecule has 0 aliphatic carbocycles. The molecule has 1 N–H and O–H groups in total. The van der Waals surface area contributed by atoms with Crippen LogP contribution in [0.1, 0.15) is 42.6 Å². The van der Waals surface area contributed by atoms with Gasteiger partial charge in [0.15, 0.2) is 0 Å². The van der Waals surface area contributed by atoms with Crippen molar-refractivity contribution in [1.29, 1.82) is 0 Å². The fraction of sp³-hybridized carbons (Fsp3) is 0.786. The zero-order chi connectivity index (χ0) is 14.2. The first-order valence-electron chi connectivity index (χ1n) is 7.43. The molecule has 0 bridgehead atoms. The third-order valence-electron chi connectivity index (χ3n) is 3.43. The molecule has 2 rings (SSSR count). The van der Waals surface area contributed by atoms with Crippen molar-refractivity contribution in [2.24, 2.45) is 5.92 Å². The van der Waals surface area contributed by atoms with Crippen molar-refractivity contribution in [3.8, 4) is 0 Å². The van der Waals surface area contributed by atoms with E-state index in [-0.39, 0.29) is 5.91 Å². The molecule has 1 saturated heterocycles. The zero-order valence-corrected chi connectivity index (χ0v) is 12.9. The molecular formula is C14H23N3O2S. The van der Waals surface area contributed by atoms with Crippen LogP contribution < -0.4 is 5.32 Å². The summed E-state index contributed by atoms with van der Waals surface area (Å²) in [5.74, 6) is 0.506. The summed E-state index contributed by atoms with van der Waals surface area (Å²) in [5.41, 5.74) is 0. The molecule has 1 aromatic heterocycles. The van der Waals surface area contributed by atoms with E-state index in [9.17, 15) is 4.79 Å². The second kappa shape index (κ2) is 8.32. The van der Waals surface area contributed by atoms with Gasteiger partial charge in [-0.15, -0.1) is 21.5 Å². The molecule has 1 fully saturated rings. The molecule has 1 atom stereocenters. The van der Waals surface area contributed by atoms with Crippen molar-refractivity contribution >= 4 is 17.2 Å². The van der Waals surface area contributed by atoms with Crippen LogP contribution in [-0.2, 0) is 22.4 Å². The van der Waals surface area contributed by atoms with Gasteiger partial charge in [-0.3, -0.25) is 4.79 Å². The lowest BCUT2D eigenvalue weighted by molar-refractivity contribution is -0.120. The highest BCUT2D eigenvalue weighted by Crippen LogP contribution is 2.14. The highest BCUT2D eigenvalue weighted by molar-refractivity contribution is 7.11. The van der Waals surface area contributed by atoms with Gasteiger partial charge in [0, 0.05) is 25.5 Å². The van der Waals surface area contributed by atoms with E-state index in [1.807, 2.05) is 0 Å². The molecule has 2 heterocycles. The summed E-state index contributed by atoms with van der Waals surface area (Å²) >= 11 is 1.56. The minimum Gasteiger partial charge on any atom is -0.381 e. The van der Waals surface area contributed by atoms with Crippen LogP contribution in [0.3, 0.4) is 0 Å². The number of carbonyl (C=O) groups is 1. The number of rotatable bonds is 8. The van der Waals surface area contributed by atoms with Crippen molar-refractivity contribution in [2.45, 2.75) is 45.4 Å². The van der Waals surface area contributed by atoms with Gasteiger partial charge in [0.1, 0.15) is 10.0 Å². The Kier molecular flexibility index (Phi) is 6.39. The monoisotopic (exact) mass is 297 g/mol. The average Bonchev–Trinajstić information content (AvgIpc) is 3.08. The Labute approximate surface area is 124 Å². The van der Waals surface area contributed by atoms with Gasteiger partial charge >= 0.3 is 0 Å². The molecule has 1 aliphatic heterocycles. The van der Waals surface area contributed by atoms with E-state index in [4.69, 9.17) is 4.74 Å². The molecule has 6 heteroatoms. The smallest absolute Gasteiger partial charge is 0.226 e. The molecule has 0 aromatic carbocycles. The number of hydrogen-bond donors (Lipinski definition) is 1. The average molecular weight is 297 g/mol. The summed E-state index contributed by atoms with van der Waals surface area (Å²) in [5, 5.41) is 13.1. The molecule has 20 heavy (non-hydrogen) atoms. The Hall–Kier alpha value is -1.01. The Morgan fingerprint density at radius 1 is 1.40 bits per heavy atom. The first kappa shape index (κ1) is 15.4. The van der Waals surface area contributed by atoms with Crippen LogP contribution in [0.2, 0.25) is 0 Å². The number of ether oxygens (including phenoxy) is 1. The molecule has 1 unspecified atom stereocenters. The summed E-state index contributed by atoms with van der Waals surface area (Å²) in [6.45, 7) is 4.48. The van der Waals surface area contributed by atoms with Crippen molar-refractivity contribution in [3.63, 3.8) is 0 Å². The minimum atomic E-state index is 0.0353. The lowest BCUT2D eigenvalue weighted by Gasteiger charge is -2.08. The van der Waals surface area contributed by atoms with Gasteiger partial charge < -0.3 is 10.1 Å². The quantitative estimate of drug-likeness (QED) is 0.745. The lowest BCUT2D eigenvalue weighted by Crippen LogP contribution is -2.30. The number of unbranched alkanes of at least 4 members (excludes halogenated alkanes) is 2. The standard InChI is InChI=1S/C14H23N3O2S/c1-2-3-4-5-13-16-17-14(20-13)8-12(18)15-9-11-6-7-19-10-11/h11H,2-10H2,1H3,(H,15,18). The molecular weight excluding hydrogens is 274 g/mol. The summed E-state index contributed by atoms with van der Waals surface area (Å²) in [4.78, 5) is 11.8. The number of hydrogen-bond acceptors (Lipinski definition) is 5. The van der Waals surface area contributed by atoms with Gasteiger partial charge in [-0.1, -0.05) is 19.8 Å². The summed E-state index contributed by atoms with van der Waals surface area (Å²) < 4.78 is 5.29. The van der Waals surface area contributed by atoms with Crippen molar-refractivity contribution in [3.05, 3.63) is 10.0 Å². The Bertz CT molecular complexity index is 416. The summed E-state index contributed by atoms with van der Waals surface area (Å²) in [7, 11) is 0. The molecule has 0 spiro atoms. The Morgan fingerprint density at radius 3 is 3.00 bits per heavy atom. The zero-order valence-electron chi connectivity index (χ0n) is 12.1. The van der Waals surface area contributed by atoms with Gasteiger partial charge in [0.05, 0.1) is 13.0 Å². The van der Waals surface area contributed by atoms with Crippen LogP contribution in [0, 0.1) is 5.92 Å². The fourth-order valence-electron chi connectivity index (χ4n) is 2.19. The van der Waals surface area contributed by atoms with Crippen LogP contribution in [0.5, 0.6) is 0 Å². The number of carbonyl (C=O) groups excluding carboxylic acids is 1. The normalized spacial score (nSPS) is 18.4. The van der Waals surface area contributed by atoms with Crippen LogP contribution in [0.25, 0.3) is 0 Å². The maximum Gasteiger partial charge on any atom is 0.226 e. The van der Waals surface area contributed by atoms with E-state index in [0.717, 1.165) is 42.5 Å². The van der Waals surface area contributed by atoms with E-state index in [2.05, 4.69) is 22.4 Å². The fourth-order valence-corrected chi connectivity index (χ4v) is 3.07. The number of aromatic nitrogens is 2. The summed E-state index contributed by atoms with van der Waals surface area (Å²) in [6.07, 6.45) is 5.95. The van der Waals surface area contributed by atoms with E-state index in [1.54, 1.807) is 11.3 Å². The lowest BCUT2D eigenvalue weighted by atomic mass is 10.1. The largest absolute Gasteiger partial charge is 0.381 e. The minimum absolute atomic E-state index is 0.0353. The predicted molar refractivity (Wildman–Crippen MR) is 78.8 cm³/mol. The van der Waals surface area contributed by atoms with Gasteiger partial charge in [-0.25, -0.2) is 0 Å². The highest BCUT2D eigenvalue weighted by Gasteiger charge is 2.17. The first-order chi connectivity index (χ1) is 9.78. The van der Waals surface area contributed by atoms with Crippen LogP contribution in [0.4, 0.5) is 0 Å². The number of nitrogens with one attached hydrogen (secondary N) is 1. The molecule has 0 radical (unpaired) electrons. The van der Waals surface area contributed by atoms with Gasteiger partial charge in [0.25, 0.3) is 0 Å². The van der Waals surface area contributed by atoms with Crippen LogP contribution in [-0.4, -0.2) is 35.9 Å². The maximum atomic E-state index is 11.8. The van der Waals surface area contributed by atoms with E-state index in [0.29, 0.717) is 18.9 Å². The van der Waals surface area contributed by atoms with Crippen molar-refractivity contribution in [2.75, 3.05) is 19.8 Å². The van der Waals surface area contributed by atoms with E-state index in [1.165, 1.54) is 12.8 Å². The second-order valence-corrected chi connectivity index (χ2v) is 6.40. The van der Waals surface area contributed by atoms with Gasteiger partial charge in [0.2, 0.25) is 5.91 Å². The third kappa shape index (κ3) is 5.17. The molecule has 1 aromatic rings. The van der Waals surface area contributed by atoms with Gasteiger partial charge in [-0.05, 0) is 12.8 Å². The Morgan fingerprint density at radius 2 is 2.25 bits per heavy atom. The molecule has 1 amide bonds. The Balaban J connectivity index is 1.67. The SMILES string of the molecule is CCCCCc1nnc(CC(=O)NCC2CCOC2)s1. The number of amides is 1. The maximum absolute atomic E-state index is 11.8. The molecule has 5 nitrogen and oxygen atoms in total. The molecule has 112 valence electrons. The van der Waals surface area contributed by atoms with E-state index < -0.39 is 0 Å². The third-order valence-corrected chi connectivity index (χ3v) is 4.41. The van der Waals surface area contributed by atoms with Crippen molar-refractivity contribution in [1.82, 2.24) is 15.5 Å². The predicted octanol–water partition coefficient (Wildman–Crippen LogP) is 1.97. The molecule has 0 saturated carbocycles. The number of nitrogens with zero attached hydrogens (tertiary/aromatic N) is 2. The van der Waals surface area contributed by atoms with Crippen LogP contribution >= 0.6 is 11.3 Å². The topological polar surface area (TPSA) is 64.1 Å². The van der Waals surface area contributed by atoms with Crippen molar-refractivity contribution < 1.29 is 9.53 Å². The highest BCUT2D eigenvalue weighted by atomic mass is 32.1. The molecule has 1 aliphatic rings. The van der Waals surface area contributed by atoms with Gasteiger partial charge in [-0.2, -0.15) is 0 Å². The summed E-state index contributed by atoms with van der Waals surface area (Å²) in [6, 6.07) is 0. The van der Waals surface area contributed by atoms with Crippen LogP contribution in [0.15, 0.2) is 0 Å². The number of aryl methyl sites for hydroxylation is 1. The first-order valence-corrected chi connectivity index (χ1v) is 8.25. The second-order valence-electron chi connectivity index (χ2n) is 5.26.